The van der Waals surface area contributed by atoms with E-state index >= 15 is 0 Å². The summed E-state index contributed by atoms with van der Waals surface area (Å²) in [6.45, 7) is 17.6. The van der Waals surface area contributed by atoms with Gasteiger partial charge in [-0.1, -0.05) is 51.5 Å². The summed E-state index contributed by atoms with van der Waals surface area (Å²) >= 11 is 0. The SMILES string of the molecule is C=C1C(=O)O[C@H]2C[C@H](C)[C@@]34C[C@@]5(C(=O)O[C@@H]6C[C@](C)(OC(=O)C(C)CC)C([C@@H](C)CCCO)=C[C@@H]65)[C@@H](C(C)=C3C[C@H]12)C4OC(C)=O. The number of carbonyl (C=O) groups is 4. The van der Waals surface area contributed by atoms with Crippen LogP contribution in [-0.4, -0.2) is 59.5 Å². The van der Waals surface area contributed by atoms with Crippen LogP contribution in [0.15, 0.2) is 34.9 Å². The first-order chi connectivity index (χ1) is 21.7. The molecule has 2 spiro atoms. The maximum atomic E-state index is 14.5. The largest absolute Gasteiger partial charge is 0.461 e. The Balaban J connectivity index is 1.48. The van der Waals surface area contributed by atoms with Crippen LogP contribution in [0.25, 0.3) is 0 Å². The van der Waals surface area contributed by atoms with Crippen LogP contribution < -0.4 is 0 Å². The van der Waals surface area contributed by atoms with Crippen molar-refractivity contribution in [2.45, 2.75) is 117 Å². The van der Waals surface area contributed by atoms with Crippen molar-refractivity contribution in [2.75, 3.05) is 6.61 Å². The van der Waals surface area contributed by atoms with E-state index in [9.17, 15) is 24.3 Å². The zero-order chi connectivity index (χ0) is 33.5. The molecule has 46 heavy (non-hydrogen) atoms. The molecule has 2 aliphatic heterocycles. The lowest BCUT2D eigenvalue weighted by Crippen LogP contribution is -2.49. The van der Waals surface area contributed by atoms with Crippen LogP contribution in [0, 0.1) is 46.3 Å². The van der Waals surface area contributed by atoms with E-state index in [1.165, 1.54) is 6.92 Å². The smallest absolute Gasteiger partial charge is 0.334 e. The Hall–Kier alpha value is -2.94. The number of esters is 4. The Bertz CT molecular complexity index is 1430. The van der Waals surface area contributed by atoms with Crippen molar-refractivity contribution in [1.82, 2.24) is 0 Å². The molecule has 12 atom stereocenters. The van der Waals surface area contributed by atoms with Gasteiger partial charge in [-0.25, -0.2) is 4.79 Å². The maximum Gasteiger partial charge on any atom is 0.334 e. The monoisotopic (exact) mass is 638 g/mol. The summed E-state index contributed by atoms with van der Waals surface area (Å²) in [7, 11) is 0. The molecule has 4 aliphatic carbocycles. The lowest BCUT2D eigenvalue weighted by atomic mass is 9.56. The topological polar surface area (TPSA) is 125 Å². The van der Waals surface area contributed by atoms with Crippen molar-refractivity contribution in [3.63, 3.8) is 0 Å². The Morgan fingerprint density at radius 3 is 2.54 bits per heavy atom. The fraction of sp³-hybridized carbons (Fsp3) is 0.730. The number of ether oxygens (including phenoxy) is 4. The first-order valence-electron chi connectivity index (χ1n) is 17.2. The molecule has 0 radical (unpaired) electrons. The number of hydrogen-bond donors (Lipinski definition) is 1. The number of hydrogen-bond acceptors (Lipinski definition) is 9. The van der Waals surface area contributed by atoms with E-state index in [4.69, 9.17) is 18.9 Å². The zero-order valence-corrected chi connectivity index (χ0v) is 28.4. The van der Waals surface area contributed by atoms with Gasteiger partial charge in [0.15, 0.2) is 0 Å². The first-order valence-corrected chi connectivity index (χ1v) is 17.2. The minimum atomic E-state index is -0.971. The van der Waals surface area contributed by atoms with E-state index in [1.54, 1.807) is 0 Å². The molecule has 2 bridgehead atoms. The second-order valence-corrected chi connectivity index (χ2v) is 15.4. The fourth-order valence-electron chi connectivity index (χ4n) is 10.5. The molecule has 2 heterocycles. The third-order valence-electron chi connectivity index (χ3n) is 12.9. The van der Waals surface area contributed by atoms with Gasteiger partial charge in [0.05, 0.1) is 11.3 Å². The van der Waals surface area contributed by atoms with Gasteiger partial charge in [-0.15, -0.1) is 0 Å². The predicted octanol–water partition coefficient (Wildman–Crippen LogP) is 5.40. The van der Waals surface area contributed by atoms with E-state index in [-0.39, 0.29) is 60.2 Å². The summed E-state index contributed by atoms with van der Waals surface area (Å²) in [5.74, 6) is -2.49. The molecule has 252 valence electrons. The molecule has 0 aromatic heterocycles. The van der Waals surface area contributed by atoms with Crippen molar-refractivity contribution >= 4 is 23.9 Å². The molecule has 2 unspecified atom stereocenters. The number of carbonyl (C=O) groups excluding carboxylic acids is 4. The Kier molecular flexibility index (Phi) is 8.13. The van der Waals surface area contributed by atoms with Gasteiger partial charge in [-0.2, -0.15) is 0 Å². The molecule has 0 aromatic carbocycles. The molecule has 0 aromatic rings. The van der Waals surface area contributed by atoms with Crippen LogP contribution >= 0.6 is 0 Å². The van der Waals surface area contributed by atoms with Crippen LogP contribution in [0.1, 0.15) is 93.4 Å². The summed E-state index contributed by atoms with van der Waals surface area (Å²) in [5, 5.41) is 9.65. The lowest BCUT2D eigenvalue weighted by Gasteiger charge is -2.46. The Morgan fingerprint density at radius 1 is 1.17 bits per heavy atom. The van der Waals surface area contributed by atoms with Crippen molar-refractivity contribution in [1.29, 1.82) is 0 Å². The predicted molar refractivity (Wildman–Crippen MR) is 168 cm³/mol. The van der Waals surface area contributed by atoms with Crippen LogP contribution in [-0.2, 0) is 38.1 Å². The van der Waals surface area contributed by atoms with Crippen LogP contribution in [0.3, 0.4) is 0 Å². The fourth-order valence-corrected chi connectivity index (χ4v) is 10.5. The van der Waals surface area contributed by atoms with Gasteiger partial charge in [0.25, 0.3) is 0 Å². The molecule has 9 heteroatoms. The quantitative estimate of drug-likeness (QED) is 0.161. The van der Waals surface area contributed by atoms with Gasteiger partial charge in [0.2, 0.25) is 0 Å². The highest BCUT2D eigenvalue weighted by Crippen LogP contribution is 2.76. The Morgan fingerprint density at radius 2 is 1.89 bits per heavy atom. The summed E-state index contributed by atoms with van der Waals surface area (Å²) < 4.78 is 24.7. The zero-order valence-electron chi connectivity index (χ0n) is 28.4. The summed E-state index contributed by atoms with van der Waals surface area (Å²) in [6, 6.07) is 0. The van der Waals surface area contributed by atoms with Crippen molar-refractivity contribution in [3.8, 4) is 0 Å². The highest BCUT2D eigenvalue weighted by molar-refractivity contribution is 5.91. The van der Waals surface area contributed by atoms with Gasteiger partial charge < -0.3 is 24.1 Å². The van der Waals surface area contributed by atoms with Crippen molar-refractivity contribution in [2.24, 2.45) is 46.3 Å². The molecular formula is C37H50O9. The van der Waals surface area contributed by atoms with Crippen LogP contribution in [0.5, 0.6) is 0 Å². The first kappa shape index (κ1) is 33.0. The molecule has 9 nitrogen and oxygen atoms in total. The minimum absolute atomic E-state index is 0.0133. The lowest BCUT2D eigenvalue weighted by molar-refractivity contribution is -0.164. The average molecular weight is 639 g/mol. The van der Waals surface area contributed by atoms with Gasteiger partial charge in [0, 0.05) is 48.7 Å². The van der Waals surface area contributed by atoms with E-state index < -0.39 is 40.5 Å². The number of aliphatic hydroxyl groups is 1. The molecule has 6 rings (SSSR count). The van der Waals surface area contributed by atoms with E-state index in [2.05, 4.69) is 33.4 Å². The highest BCUT2D eigenvalue weighted by Gasteiger charge is 2.79. The standard InChI is InChI=1S/C37H50O9/c1-9-18(2)32(40)46-35(8)16-29-27(15-25(35)19(3)11-10-12-38)37(34(42)45-29)17-36-20(4)13-28-24(21(5)33(41)44-28)14-26(36)22(6)30(37)31(36)43-23(7)39/h15,18-20,24,27-31,38H,5,9-14,16-17H2,1-4,6-8H3/t18?,19-,20-,24+,27-,28-,29+,30-,31?,35-,36-,37-/m0/s1. The van der Waals surface area contributed by atoms with Gasteiger partial charge in [-0.3, -0.25) is 14.4 Å². The van der Waals surface area contributed by atoms with E-state index in [1.807, 2.05) is 20.8 Å². The van der Waals surface area contributed by atoms with Gasteiger partial charge in [-0.05, 0) is 69.8 Å². The van der Waals surface area contributed by atoms with E-state index in [0.717, 1.165) is 16.7 Å². The minimum Gasteiger partial charge on any atom is -0.461 e. The average Bonchev–Trinajstić information content (AvgIpc) is 3.57. The molecular weight excluding hydrogens is 588 g/mol. The molecule has 0 amide bonds. The van der Waals surface area contributed by atoms with Crippen molar-refractivity contribution in [3.05, 3.63) is 34.9 Å². The number of fused-ring (bicyclic) bond motifs is 5. The normalized spacial score (nSPS) is 42.0. The maximum absolute atomic E-state index is 14.5. The molecule has 2 saturated heterocycles. The number of rotatable bonds is 8. The molecule has 1 N–H and O–H groups in total. The number of aliphatic hydroxyl groups excluding tert-OH is 1. The molecule has 6 aliphatic rings. The van der Waals surface area contributed by atoms with E-state index in [0.29, 0.717) is 50.5 Å². The third-order valence-corrected chi connectivity index (χ3v) is 12.9. The molecule has 2 saturated carbocycles. The Labute approximate surface area is 272 Å². The summed E-state index contributed by atoms with van der Waals surface area (Å²) in [6.07, 6.45) is 4.71. The van der Waals surface area contributed by atoms with Crippen LogP contribution in [0.2, 0.25) is 0 Å². The molecule has 4 fully saturated rings. The van der Waals surface area contributed by atoms with Crippen molar-refractivity contribution < 1.29 is 43.2 Å². The summed E-state index contributed by atoms with van der Waals surface area (Å²) in [4.78, 5) is 52.9. The van der Waals surface area contributed by atoms with Crippen LogP contribution in [0.4, 0.5) is 0 Å². The third kappa shape index (κ3) is 4.50. The van der Waals surface area contributed by atoms with Gasteiger partial charge in [0.1, 0.15) is 23.9 Å². The highest BCUT2D eigenvalue weighted by atomic mass is 16.6. The second-order valence-electron chi connectivity index (χ2n) is 15.4. The summed E-state index contributed by atoms with van der Waals surface area (Å²) in [5.41, 5.74) is 1.08. The van der Waals surface area contributed by atoms with Gasteiger partial charge >= 0.3 is 23.9 Å². The second kappa shape index (κ2) is 11.3.